The minimum atomic E-state index is -0.598. The van der Waals surface area contributed by atoms with Crippen LogP contribution in [0.4, 0.5) is 0 Å². The summed E-state index contributed by atoms with van der Waals surface area (Å²) in [5.41, 5.74) is 10.3. The molecular formula is C19H24BrN5O2. The van der Waals surface area contributed by atoms with Gasteiger partial charge in [-0.3, -0.25) is 19.6 Å². The fourth-order valence-electron chi connectivity index (χ4n) is 3.12. The topological polar surface area (TPSA) is 100 Å². The highest BCUT2D eigenvalue weighted by molar-refractivity contribution is 9.10. The van der Waals surface area contributed by atoms with E-state index in [1.54, 1.807) is 6.92 Å². The average molecular weight is 434 g/mol. The lowest BCUT2D eigenvalue weighted by Gasteiger charge is -2.34. The molecule has 3 atom stereocenters. The van der Waals surface area contributed by atoms with Gasteiger partial charge in [0, 0.05) is 16.4 Å². The second-order valence-corrected chi connectivity index (χ2v) is 7.82. The van der Waals surface area contributed by atoms with Gasteiger partial charge < -0.3 is 11.1 Å². The Bertz CT molecular complexity index is 857. The number of benzene rings is 1. The van der Waals surface area contributed by atoms with Crippen LogP contribution >= 0.6 is 15.9 Å². The molecule has 1 fully saturated rings. The lowest BCUT2D eigenvalue weighted by atomic mass is 10.1. The van der Waals surface area contributed by atoms with Crippen LogP contribution in [-0.4, -0.2) is 40.4 Å². The van der Waals surface area contributed by atoms with Crippen molar-refractivity contribution in [1.29, 1.82) is 0 Å². The van der Waals surface area contributed by atoms with Crippen LogP contribution in [0.1, 0.15) is 38.4 Å². The summed E-state index contributed by atoms with van der Waals surface area (Å²) in [4.78, 5) is 29.4. The lowest BCUT2D eigenvalue weighted by molar-refractivity contribution is -0.140. The summed E-state index contributed by atoms with van der Waals surface area (Å²) in [6, 6.07) is 8.53. The van der Waals surface area contributed by atoms with E-state index >= 15 is 0 Å². The Morgan fingerprint density at radius 1 is 1.33 bits per heavy atom. The summed E-state index contributed by atoms with van der Waals surface area (Å²) < 4.78 is 0.960. The second kappa shape index (κ2) is 8.33. The van der Waals surface area contributed by atoms with Gasteiger partial charge in [-0.05, 0) is 44.9 Å². The molecule has 2 heterocycles. The molecule has 7 nitrogen and oxygen atoms in total. The fourth-order valence-corrected chi connectivity index (χ4v) is 3.46. The van der Waals surface area contributed by atoms with E-state index in [0.717, 1.165) is 27.5 Å². The van der Waals surface area contributed by atoms with E-state index in [0.29, 0.717) is 13.0 Å². The van der Waals surface area contributed by atoms with Gasteiger partial charge in [0.15, 0.2) is 0 Å². The highest BCUT2D eigenvalue weighted by Crippen LogP contribution is 2.21. The Balaban J connectivity index is 1.67. The van der Waals surface area contributed by atoms with Crippen molar-refractivity contribution in [1.82, 2.24) is 20.7 Å². The summed E-state index contributed by atoms with van der Waals surface area (Å²) in [6.07, 6.45) is 1.42. The first-order valence-corrected chi connectivity index (χ1v) is 9.84. The zero-order valence-corrected chi connectivity index (χ0v) is 17.0. The van der Waals surface area contributed by atoms with Crippen LogP contribution in [0.15, 0.2) is 34.8 Å². The van der Waals surface area contributed by atoms with E-state index in [9.17, 15) is 9.59 Å². The number of hydrogen-bond donors (Lipinski definition) is 3. The summed E-state index contributed by atoms with van der Waals surface area (Å²) in [5.74, 6) is -0.358. The van der Waals surface area contributed by atoms with E-state index in [-0.39, 0.29) is 17.9 Å². The summed E-state index contributed by atoms with van der Waals surface area (Å²) in [7, 11) is 0. The summed E-state index contributed by atoms with van der Waals surface area (Å²) in [6.45, 7) is 4.10. The van der Waals surface area contributed by atoms with Crippen LogP contribution in [0.3, 0.4) is 0 Å². The summed E-state index contributed by atoms with van der Waals surface area (Å²) >= 11 is 3.45. The van der Waals surface area contributed by atoms with Gasteiger partial charge >= 0.3 is 0 Å². The zero-order valence-electron chi connectivity index (χ0n) is 15.4. The highest BCUT2D eigenvalue weighted by Gasteiger charge is 2.29. The minimum absolute atomic E-state index is 0.152. The third-order valence-electron chi connectivity index (χ3n) is 4.64. The Labute approximate surface area is 166 Å². The molecule has 4 N–H and O–H groups in total. The number of hydrazine groups is 1. The van der Waals surface area contributed by atoms with Gasteiger partial charge in [-0.25, -0.2) is 5.43 Å². The number of aromatic nitrogens is 1. The van der Waals surface area contributed by atoms with Gasteiger partial charge in [0.2, 0.25) is 5.91 Å². The molecule has 2 amide bonds. The number of fused-ring (bicyclic) bond motifs is 1. The van der Waals surface area contributed by atoms with Crippen molar-refractivity contribution in [3.8, 4) is 0 Å². The van der Waals surface area contributed by atoms with Crippen molar-refractivity contribution < 1.29 is 9.59 Å². The maximum absolute atomic E-state index is 12.7. The first kappa shape index (κ1) is 19.7. The van der Waals surface area contributed by atoms with E-state index in [2.05, 4.69) is 31.7 Å². The smallest absolute Gasteiger partial charge is 0.253 e. The van der Waals surface area contributed by atoms with E-state index in [1.807, 2.05) is 37.3 Å². The van der Waals surface area contributed by atoms with E-state index in [1.165, 1.54) is 5.01 Å². The van der Waals surface area contributed by atoms with Crippen molar-refractivity contribution in [2.75, 3.05) is 6.54 Å². The van der Waals surface area contributed by atoms with Crippen LogP contribution < -0.4 is 16.5 Å². The molecule has 1 saturated heterocycles. The first-order chi connectivity index (χ1) is 12.8. The molecule has 1 aliphatic rings. The minimum Gasteiger partial charge on any atom is -0.347 e. The van der Waals surface area contributed by atoms with Crippen LogP contribution in [0.5, 0.6) is 0 Å². The standard InChI is InChI=1S/C19H24BrN5O2/c1-11(21)19(27)25-9-3-4-16(24-25)18(26)22-12(2)15-8-6-13-5-7-14(20)10-17(13)23-15/h5-8,10-12,16,24H,3-4,9,21H2,1-2H3,(H,22,26). The Kier molecular flexibility index (Phi) is 6.08. The van der Waals surface area contributed by atoms with E-state index in [4.69, 9.17) is 5.73 Å². The SMILES string of the molecule is CC(N)C(=O)N1CCCC(C(=O)NC(C)c2ccc3ccc(Br)cc3n2)N1. The van der Waals surface area contributed by atoms with Gasteiger partial charge in [-0.2, -0.15) is 0 Å². The largest absolute Gasteiger partial charge is 0.347 e. The third kappa shape index (κ3) is 4.63. The van der Waals surface area contributed by atoms with Crippen LogP contribution in [0.25, 0.3) is 10.9 Å². The number of carbonyl (C=O) groups is 2. The normalized spacial score (nSPS) is 19.6. The number of pyridine rings is 1. The molecule has 0 saturated carbocycles. The first-order valence-electron chi connectivity index (χ1n) is 9.05. The molecule has 1 aromatic heterocycles. The molecule has 2 aromatic rings. The predicted octanol–water partition coefficient (Wildman–Crippen LogP) is 2.02. The number of nitrogens with zero attached hydrogens (tertiary/aromatic N) is 2. The molecule has 0 bridgehead atoms. The van der Waals surface area contributed by atoms with Crippen molar-refractivity contribution >= 4 is 38.6 Å². The van der Waals surface area contributed by atoms with E-state index < -0.39 is 12.1 Å². The molecular weight excluding hydrogens is 410 g/mol. The monoisotopic (exact) mass is 433 g/mol. The third-order valence-corrected chi connectivity index (χ3v) is 5.13. The Hall–Kier alpha value is -2.03. The average Bonchev–Trinajstić information content (AvgIpc) is 2.66. The van der Waals surface area contributed by atoms with Gasteiger partial charge in [-0.1, -0.05) is 28.1 Å². The Morgan fingerprint density at radius 2 is 2.07 bits per heavy atom. The molecule has 27 heavy (non-hydrogen) atoms. The molecule has 0 aliphatic carbocycles. The number of halogens is 1. The summed E-state index contributed by atoms with van der Waals surface area (Å²) in [5, 5.41) is 5.48. The molecule has 0 spiro atoms. The highest BCUT2D eigenvalue weighted by atomic mass is 79.9. The van der Waals surface area contributed by atoms with Crippen molar-refractivity contribution in [2.45, 2.75) is 44.8 Å². The van der Waals surface area contributed by atoms with Gasteiger partial charge in [0.1, 0.15) is 6.04 Å². The number of nitrogens with one attached hydrogen (secondary N) is 2. The molecule has 8 heteroatoms. The molecule has 144 valence electrons. The zero-order chi connectivity index (χ0) is 19.6. The number of amides is 2. The quantitative estimate of drug-likeness (QED) is 0.684. The molecule has 3 rings (SSSR count). The van der Waals surface area contributed by atoms with Gasteiger partial charge in [0.25, 0.3) is 5.91 Å². The molecule has 1 aromatic carbocycles. The molecule has 1 aliphatic heterocycles. The molecule has 3 unspecified atom stereocenters. The van der Waals surface area contributed by atoms with Crippen molar-refractivity contribution in [3.63, 3.8) is 0 Å². The fraction of sp³-hybridized carbons (Fsp3) is 0.421. The van der Waals surface area contributed by atoms with Crippen molar-refractivity contribution in [2.24, 2.45) is 5.73 Å². The number of hydrogen-bond acceptors (Lipinski definition) is 5. The predicted molar refractivity (Wildman–Crippen MR) is 108 cm³/mol. The van der Waals surface area contributed by atoms with Crippen LogP contribution in [0, 0.1) is 0 Å². The lowest BCUT2D eigenvalue weighted by Crippen LogP contribution is -2.60. The Morgan fingerprint density at radius 3 is 2.81 bits per heavy atom. The number of nitrogens with two attached hydrogens (primary N) is 1. The van der Waals surface area contributed by atoms with Gasteiger partial charge in [-0.15, -0.1) is 0 Å². The number of carbonyl (C=O) groups excluding carboxylic acids is 2. The van der Waals surface area contributed by atoms with Crippen molar-refractivity contribution in [3.05, 3.63) is 40.5 Å². The molecule has 0 radical (unpaired) electrons. The van der Waals surface area contributed by atoms with Gasteiger partial charge in [0.05, 0.1) is 23.3 Å². The maximum atomic E-state index is 12.7. The maximum Gasteiger partial charge on any atom is 0.253 e. The van der Waals surface area contributed by atoms with Crippen LogP contribution in [0.2, 0.25) is 0 Å². The second-order valence-electron chi connectivity index (χ2n) is 6.91. The number of rotatable bonds is 4. The van der Waals surface area contributed by atoms with Crippen LogP contribution in [-0.2, 0) is 9.59 Å².